The second kappa shape index (κ2) is 9.05. The van der Waals surface area contributed by atoms with E-state index >= 15 is 0 Å². The van der Waals surface area contributed by atoms with Gasteiger partial charge in [-0.15, -0.1) is 0 Å². The summed E-state index contributed by atoms with van der Waals surface area (Å²) in [6.07, 6.45) is 2.93. The Morgan fingerprint density at radius 2 is 2.05 bits per heavy atom. The van der Waals surface area contributed by atoms with E-state index in [0.29, 0.717) is 11.8 Å². The highest BCUT2D eigenvalue weighted by molar-refractivity contribution is 5.28. The van der Waals surface area contributed by atoms with E-state index in [1.807, 2.05) is 6.20 Å². The molecule has 0 radical (unpaired) electrons. The third-order valence-corrected chi connectivity index (χ3v) is 3.60. The van der Waals surface area contributed by atoms with E-state index in [9.17, 15) is 0 Å². The Bertz CT molecular complexity index is 401. The molecule has 122 valence electrons. The molecule has 21 heavy (non-hydrogen) atoms. The fourth-order valence-corrected chi connectivity index (χ4v) is 2.35. The van der Waals surface area contributed by atoms with Gasteiger partial charge < -0.3 is 15.0 Å². The first-order valence-corrected chi connectivity index (χ1v) is 7.90. The fraction of sp³-hybridized carbons (Fsp3) is 0.812. The van der Waals surface area contributed by atoms with Crippen molar-refractivity contribution in [1.82, 2.24) is 20.0 Å². The standard InChI is InChI=1S/C16H32N4O/c1-13(2)11-17-8-7-14(3)16-15(21-6)12-18-20(16)10-9-19(4)5/h12-14,17H,7-11H2,1-6H3. The Balaban J connectivity index is 2.62. The van der Waals surface area contributed by atoms with E-state index < -0.39 is 0 Å². The van der Waals surface area contributed by atoms with Crippen LogP contribution in [0.2, 0.25) is 0 Å². The normalized spacial score (nSPS) is 13.1. The number of nitrogens with one attached hydrogen (secondary N) is 1. The molecule has 0 aromatic carbocycles. The second-order valence-electron chi connectivity index (χ2n) is 6.41. The van der Waals surface area contributed by atoms with Gasteiger partial charge in [0.05, 0.1) is 25.5 Å². The van der Waals surface area contributed by atoms with Crippen LogP contribution in [0.25, 0.3) is 0 Å². The molecule has 5 nitrogen and oxygen atoms in total. The summed E-state index contributed by atoms with van der Waals surface area (Å²) >= 11 is 0. The fourth-order valence-electron chi connectivity index (χ4n) is 2.35. The second-order valence-corrected chi connectivity index (χ2v) is 6.41. The molecule has 0 bridgehead atoms. The molecule has 0 amide bonds. The SMILES string of the molecule is COc1cnn(CCN(C)C)c1C(C)CCNCC(C)C. The summed E-state index contributed by atoms with van der Waals surface area (Å²) < 4.78 is 7.57. The average molecular weight is 296 g/mol. The summed E-state index contributed by atoms with van der Waals surface area (Å²) in [7, 11) is 5.89. The van der Waals surface area contributed by atoms with Crippen molar-refractivity contribution in [2.75, 3.05) is 40.8 Å². The van der Waals surface area contributed by atoms with Crippen LogP contribution in [0, 0.1) is 5.92 Å². The summed E-state index contributed by atoms with van der Waals surface area (Å²) in [5.41, 5.74) is 1.21. The first-order chi connectivity index (χ1) is 9.95. The predicted molar refractivity (Wildman–Crippen MR) is 88.1 cm³/mol. The first-order valence-electron chi connectivity index (χ1n) is 7.90. The summed E-state index contributed by atoms with van der Waals surface area (Å²) in [6, 6.07) is 0. The Morgan fingerprint density at radius 1 is 1.33 bits per heavy atom. The van der Waals surface area contributed by atoms with Crippen molar-refractivity contribution in [3.63, 3.8) is 0 Å². The predicted octanol–water partition coefficient (Wildman–Crippen LogP) is 2.19. The highest BCUT2D eigenvalue weighted by Crippen LogP contribution is 2.28. The van der Waals surface area contributed by atoms with E-state index in [1.54, 1.807) is 7.11 Å². The minimum Gasteiger partial charge on any atom is -0.493 e. The molecule has 1 N–H and O–H groups in total. The van der Waals surface area contributed by atoms with Crippen LogP contribution in [0.4, 0.5) is 0 Å². The van der Waals surface area contributed by atoms with Crippen LogP contribution in [0.15, 0.2) is 6.20 Å². The summed E-state index contributed by atoms with van der Waals surface area (Å²) in [4.78, 5) is 2.17. The Kier molecular flexibility index (Phi) is 7.75. The molecular weight excluding hydrogens is 264 g/mol. The number of hydrogen-bond acceptors (Lipinski definition) is 4. The summed E-state index contributed by atoms with van der Waals surface area (Å²) in [5, 5.41) is 7.99. The number of ether oxygens (including phenoxy) is 1. The van der Waals surface area contributed by atoms with Crippen molar-refractivity contribution in [1.29, 1.82) is 0 Å². The van der Waals surface area contributed by atoms with Crippen LogP contribution in [0.5, 0.6) is 5.75 Å². The van der Waals surface area contributed by atoms with Gasteiger partial charge in [-0.25, -0.2) is 0 Å². The van der Waals surface area contributed by atoms with E-state index in [-0.39, 0.29) is 0 Å². The maximum Gasteiger partial charge on any atom is 0.160 e. The molecule has 1 aromatic heterocycles. The van der Waals surface area contributed by atoms with Gasteiger partial charge in [0.2, 0.25) is 0 Å². The largest absolute Gasteiger partial charge is 0.493 e. The number of methoxy groups -OCH3 is 1. The average Bonchev–Trinajstić information content (AvgIpc) is 2.83. The molecule has 1 rings (SSSR count). The van der Waals surface area contributed by atoms with Crippen molar-refractivity contribution < 1.29 is 4.74 Å². The Labute approximate surface area is 129 Å². The number of hydrogen-bond donors (Lipinski definition) is 1. The molecule has 0 aliphatic carbocycles. The van der Waals surface area contributed by atoms with Crippen LogP contribution >= 0.6 is 0 Å². The van der Waals surface area contributed by atoms with Gasteiger partial charge >= 0.3 is 0 Å². The van der Waals surface area contributed by atoms with Gasteiger partial charge in [0, 0.05) is 12.5 Å². The van der Waals surface area contributed by atoms with E-state index in [4.69, 9.17) is 4.74 Å². The van der Waals surface area contributed by atoms with Crippen LogP contribution < -0.4 is 10.1 Å². The third kappa shape index (κ3) is 6.06. The molecular formula is C16H32N4O. The van der Waals surface area contributed by atoms with Gasteiger partial charge in [-0.1, -0.05) is 20.8 Å². The van der Waals surface area contributed by atoms with E-state index in [1.165, 1.54) is 5.69 Å². The number of nitrogens with zero attached hydrogens (tertiary/aromatic N) is 3. The molecule has 1 atom stereocenters. The number of likely N-dealkylation sites (N-methyl/N-ethyl adjacent to an activating group) is 1. The maximum absolute atomic E-state index is 5.48. The third-order valence-electron chi connectivity index (χ3n) is 3.60. The first kappa shape index (κ1) is 18.0. The van der Waals surface area contributed by atoms with Crippen molar-refractivity contribution in [3.05, 3.63) is 11.9 Å². The minimum absolute atomic E-state index is 0.435. The van der Waals surface area contributed by atoms with Gasteiger partial charge in [0.1, 0.15) is 0 Å². The molecule has 0 aliphatic rings. The molecule has 0 saturated heterocycles. The highest BCUT2D eigenvalue weighted by atomic mass is 16.5. The Hall–Kier alpha value is -1.07. The lowest BCUT2D eigenvalue weighted by molar-refractivity contribution is 0.360. The molecule has 1 heterocycles. The van der Waals surface area contributed by atoms with Crippen molar-refractivity contribution in [2.24, 2.45) is 5.92 Å². The number of aromatic nitrogens is 2. The van der Waals surface area contributed by atoms with Crippen molar-refractivity contribution in [2.45, 2.75) is 39.7 Å². The lowest BCUT2D eigenvalue weighted by atomic mass is 10.0. The Morgan fingerprint density at radius 3 is 2.62 bits per heavy atom. The van der Waals surface area contributed by atoms with Crippen molar-refractivity contribution in [3.8, 4) is 5.75 Å². The van der Waals surface area contributed by atoms with Gasteiger partial charge in [-0.2, -0.15) is 5.10 Å². The summed E-state index contributed by atoms with van der Waals surface area (Å²) in [6.45, 7) is 10.7. The molecule has 0 fully saturated rings. The topological polar surface area (TPSA) is 42.3 Å². The minimum atomic E-state index is 0.435. The molecule has 5 heteroatoms. The van der Waals surface area contributed by atoms with Crippen molar-refractivity contribution >= 4 is 0 Å². The van der Waals surface area contributed by atoms with Crippen LogP contribution in [-0.2, 0) is 6.54 Å². The van der Waals surface area contributed by atoms with E-state index in [0.717, 1.165) is 38.3 Å². The molecule has 0 spiro atoms. The van der Waals surface area contributed by atoms with Gasteiger partial charge in [-0.05, 0) is 39.5 Å². The zero-order valence-corrected chi connectivity index (χ0v) is 14.5. The molecule has 1 aromatic rings. The zero-order valence-electron chi connectivity index (χ0n) is 14.5. The van der Waals surface area contributed by atoms with E-state index in [2.05, 4.69) is 54.9 Å². The summed E-state index contributed by atoms with van der Waals surface area (Å²) in [5.74, 6) is 2.04. The molecule has 0 aliphatic heterocycles. The lowest BCUT2D eigenvalue weighted by Crippen LogP contribution is -2.23. The molecule has 0 saturated carbocycles. The van der Waals surface area contributed by atoms with Gasteiger partial charge in [0.25, 0.3) is 0 Å². The monoisotopic (exact) mass is 296 g/mol. The lowest BCUT2D eigenvalue weighted by Gasteiger charge is -2.18. The van der Waals surface area contributed by atoms with Crippen LogP contribution in [-0.4, -0.2) is 55.5 Å². The maximum atomic E-state index is 5.48. The van der Waals surface area contributed by atoms with Gasteiger partial charge in [0.15, 0.2) is 5.75 Å². The van der Waals surface area contributed by atoms with Gasteiger partial charge in [-0.3, -0.25) is 4.68 Å². The zero-order chi connectivity index (χ0) is 15.8. The quantitative estimate of drug-likeness (QED) is 0.672. The highest BCUT2D eigenvalue weighted by Gasteiger charge is 2.18. The van der Waals surface area contributed by atoms with Crippen LogP contribution in [0.3, 0.4) is 0 Å². The molecule has 1 unspecified atom stereocenters. The van der Waals surface area contributed by atoms with Crippen LogP contribution in [0.1, 0.15) is 38.8 Å². The number of rotatable bonds is 10. The smallest absolute Gasteiger partial charge is 0.160 e.